The molecule has 0 N–H and O–H groups in total. The number of hydrogen-bond donors (Lipinski definition) is 0. The topological polar surface area (TPSA) is 26.3 Å². The van der Waals surface area contributed by atoms with Gasteiger partial charge in [-0.2, -0.15) is 0 Å². The summed E-state index contributed by atoms with van der Waals surface area (Å²) in [6.45, 7) is 14.1. The first-order chi connectivity index (χ1) is 14.6. The fourth-order valence-electron chi connectivity index (χ4n) is 8.79. The minimum Gasteiger partial charge on any atom is -0.463 e. The highest BCUT2D eigenvalue weighted by Crippen LogP contribution is 2.66. The Morgan fingerprint density at radius 2 is 1.81 bits per heavy atom. The van der Waals surface area contributed by atoms with Gasteiger partial charge >= 0.3 is 5.97 Å². The normalized spacial score (nSPS) is 40.9. The van der Waals surface area contributed by atoms with Crippen LogP contribution < -0.4 is 0 Å². The van der Waals surface area contributed by atoms with Crippen LogP contribution in [0.1, 0.15) is 119 Å². The van der Waals surface area contributed by atoms with Crippen molar-refractivity contribution in [1.82, 2.24) is 0 Å². The Balaban J connectivity index is 1.50. The van der Waals surface area contributed by atoms with E-state index in [9.17, 15) is 4.79 Å². The molecule has 4 aliphatic rings. The zero-order valence-corrected chi connectivity index (χ0v) is 21.3. The zero-order chi connectivity index (χ0) is 22.4. The molecule has 0 aliphatic heterocycles. The first-order valence-corrected chi connectivity index (χ1v) is 13.5. The van der Waals surface area contributed by atoms with E-state index < -0.39 is 0 Å². The number of allylic oxidation sites excluding steroid dienone is 2. The van der Waals surface area contributed by atoms with Gasteiger partial charge in [-0.1, -0.05) is 65.0 Å². The molecule has 0 heterocycles. The number of carbonyl (C=O) groups excluding carboxylic acids is 1. The number of carbonyl (C=O) groups is 1. The summed E-state index contributed by atoms with van der Waals surface area (Å²) in [4.78, 5) is 11.5. The number of hydrogen-bond acceptors (Lipinski definition) is 2. The molecule has 0 aromatic rings. The number of ether oxygens (including phenoxy) is 1. The van der Waals surface area contributed by atoms with Crippen molar-refractivity contribution >= 4 is 5.97 Å². The predicted octanol–water partition coefficient (Wildman–Crippen LogP) is 8.10. The smallest absolute Gasteiger partial charge is 0.302 e. The molecule has 0 unspecified atom stereocenters. The van der Waals surface area contributed by atoms with Gasteiger partial charge in [0.15, 0.2) is 0 Å². The summed E-state index contributed by atoms with van der Waals surface area (Å²) in [6, 6.07) is 0. The van der Waals surface area contributed by atoms with Crippen molar-refractivity contribution in [2.45, 2.75) is 125 Å². The molecule has 3 fully saturated rings. The van der Waals surface area contributed by atoms with E-state index >= 15 is 0 Å². The lowest BCUT2D eigenvalue weighted by atomic mass is 9.49. The van der Waals surface area contributed by atoms with Crippen molar-refractivity contribution in [3.63, 3.8) is 0 Å². The molecule has 31 heavy (non-hydrogen) atoms. The minimum atomic E-state index is -0.0971. The highest BCUT2D eigenvalue weighted by atomic mass is 16.5. The van der Waals surface area contributed by atoms with Crippen LogP contribution in [0.4, 0.5) is 0 Å². The van der Waals surface area contributed by atoms with E-state index in [1.807, 2.05) is 11.1 Å². The minimum absolute atomic E-state index is 0.0971. The van der Waals surface area contributed by atoms with E-state index in [-0.39, 0.29) is 12.1 Å². The molecule has 176 valence electrons. The molecule has 0 bridgehead atoms. The molecule has 0 aromatic carbocycles. The molecule has 2 heteroatoms. The maximum Gasteiger partial charge on any atom is 0.302 e. The molecular formula is C29H48O2. The standard InChI is InChI=1S/C29H48O2/c1-19(2)8-7-9-20(3)25-12-13-26-24-11-10-22-18-23(31-21(4)30)14-16-28(22,5)27(24)15-17-29(25,26)6/h19-20,22-23,25,27H,7-18H2,1-6H3/t20-,22+,23+,25-,27+,28+,29-/m1/s1. The quantitative estimate of drug-likeness (QED) is 0.315. The van der Waals surface area contributed by atoms with Crippen LogP contribution in [0, 0.1) is 40.4 Å². The highest BCUT2D eigenvalue weighted by Gasteiger charge is 2.55. The summed E-state index contributed by atoms with van der Waals surface area (Å²) < 4.78 is 5.64. The average Bonchev–Trinajstić information content (AvgIpc) is 3.05. The van der Waals surface area contributed by atoms with Crippen LogP contribution in [0.3, 0.4) is 0 Å². The second kappa shape index (κ2) is 8.86. The largest absolute Gasteiger partial charge is 0.463 e. The van der Waals surface area contributed by atoms with Crippen LogP contribution in [-0.2, 0) is 9.53 Å². The summed E-state index contributed by atoms with van der Waals surface area (Å²) in [7, 11) is 0. The van der Waals surface area contributed by atoms with Gasteiger partial charge in [-0.05, 0) is 98.2 Å². The lowest BCUT2D eigenvalue weighted by Gasteiger charge is -2.57. The molecule has 0 aromatic heterocycles. The Morgan fingerprint density at radius 3 is 2.52 bits per heavy atom. The predicted molar refractivity (Wildman–Crippen MR) is 129 cm³/mol. The van der Waals surface area contributed by atoms with E-state index in [2.05, 4.69) is 34.6 Å². The van der Waals surface area contributed by atoms with Crippen LogP contribution in [0.2, 0.25) is 0 Å². The molecule has 2 nitrogen and oxygen atoms in total. The van der Waals surface area contributed by atoms with Gasteiger partial charge in [0.25, 0.3) is 0 Å². The SMILES string of the molecule is CC(=O)O[C@H]1CC[C@@]2(C)[C@@H](CCC3=C4CC[C@H]([C@H](C)CCCC(C)C)[C@@]4(C)CC[C@@H]32)C1. The second-order valence-electron chi connectivity index (χ2n) is 12.7. The average molecular weight is 429 g/mol. The molecule has 4 aliphatic carbocycles. The Hall–Kier alpha value is -0.790. The van der Waals surface area contributed by atoms with Crippen molar-refractivity contribution in [2.75, 3.05) is 0 Å². The van der Waals surface area contributed by atoms with Gasteiger partial charge < -0.3 is 4.74 Å². The second-order valence-corrected chi connectivity index (χ2v) is 12.7. The third-order valence-corrected chi connectivity index (χ3v) is 10.5. The van der Waals surface area contributed by atoms with Crippen molar-refractivity contribution in [3.8, 4) is 0 Å². The molecule has 0 radical (unpaired) electrons. The van der Waals surface area contributed by atoms with Crippen molar-refractivity contribution in [1.29, 1.82) is 0 Å². The molecular weight excluding hydrogens is 380 g/mol. The van der Waals surface area contributed by atoms with Crippen molar-refractivity contribution in [3.05, 3.63) is 11.1 Å². The summed E-state index contributed by atoms with van der Waals surface area (Å²) >= 11 is 0. The molecule has 3 saturated carbocycles. The third kappa shape index (κ3) is 4.26. The Labute approximate surface area is 192 Å². The van der Waals surface area contributed by atoms with Crippen molar-refractivity contribution in [2.24, 2.45) is 40.4 Å². The van der Waals surface area contributed by atoms with Gasteiger partial charge in [0.1, 0.15) is 6.10 Å². The summed E-state index contributed by atoms with van der Waals surface area (Å²) in [6.07, 6.45) is 16.0. The lowest BCUT2D eigenvalue weighted by Crippen LogP contribution is -2.48. The van der Waals surface area contributed by atoms with Gasteiger partial charge in [0.05, 0.1) is 0 Å². The summed E-state index contributed by atoms with van der Waals surface area (Å²) in [5.74, 6) is 4.03. The van der Waals surface area contributed by atoms with Crippen LogP contribution in [0.15, 0.2) is 11.1 Å². The molecule has 0 amide bonds. The Kier molecular flexibility index (Phi) is 6.68. The number of rotatable bonds is 6. The van der Waals surface area contributed by atoms with E-state index in [0.29, 0.717) is 10.8 Å². The summed E-state index contributed by atoms with van der Waals surface area (Å²) in [5, 5.41) is 0. The zero-order valence-electron chi connectivity index (χ0n) is 21.3. The van der Waals surface area contributed by atoms with E-state index in [1.54, 1.807) is 6.92 Å². The summed E-state index contributed by atoms with van der Waals surface area (Å²) in [5.41, 5.74) is 4.71. The molecule has 0 saturated heterocycles. The first kappa shape index (κ1) is 23.4. The van der Waals surface area contributed by atoms with E-state index in [1.165, 1.54) is 64.2 Å². The molecule has 7 atom stereocenters. The van der Waals surface area contributed by atoms with Crippen molar-refractivity contribution < 1.29 is 9.53 Å². The van der Waals surface area contributed by atoms with Gasteiger partial charge in [0.2, 0.25) is 0 Å². The van der Waals surface area contributed by atoms with Crippen LogP contribution in [0.25, 0.3) is 0 Å². The number of fused-ring (bicyclic) bond motifs is 4. The van der Waals surface area contributed by atoms with Gasteiger partial charge in [-0.15, -0.1) is 0 Å². The molecule has 4 rings (SSSR count). The fraction of sp³-hybridized carbons (Fsp3) is 0.897. The van der Waals surface area contributed by atoms with Crippen LogP contribution in [0.5, 0.6) is 0 Å². The van der Waals surface area contributed by atoms with Crippen LogP contribution in [-0.4, -0.2) is 12.1 Å². The van der Waals surface area contributed by atoms with E-state index in [0.717, 1.165) is 42.4 Å². The monoisotopic (exact) mass is 428 g/mol. The lowest BCUT2D eigenvalue weighted by molar-refractivity contribution is -0.152. The molecule has 0 spiro atoms. The van der Waals surface area contributed by atoms with Gasteiger partial charge in [0, 0.05) is 6.92 Å². The number of esters is 1. The maximum absolute atomic E-state index is 11.5. The van der Waals surface area contributed by atoms with Crippen LogP contribution >= 0.6 is 0 Å². The third-order valence-electron chi connectivity index (χ3n) is 10.5. The maximum atomic E-state index is 11.5. The fourth-order valence-corrected chi connectivity index (χ4v) is 8.79. The van der Waals surface area contributed by atoms with Gasteiger partial charge in [-0.25, -0.2) is 0 Å². The van der Waals surface area contributed by atoms with E-state index in [4.69, 9.17) is 4.74 Å². The van der Waals surface area contributed by atoms with Gasteiger partial charge in [-0.3, -0.25) is 4.79 Å². The first-order valence-electron chi connectivity index (χ1n) is 13.5. The Morgan fingerprint density at radius 1 is 1.03 bits per heavy atom. The Bertz CT molecular complexity index is 706. The highest BCUT2D eigenvalue weighted by molar-refractivity contribution is 5.66.